The molecular formula is C14H21ClFNO. The number of nitrogens with one attached hydrogen (secondary N) is 1. The highest BCUT2D eigenvalue weighted by Crippen LogP contribution is 2.24. The van der Waals surface area contributed by atoms with Crippen LogP contribution in [0, 0.1) is 11.2 Å². The highest BCUT2D eigenvalue weighted by atomic mass is 35.5. The Balaban J connectivity index is 2.70. The van der Waals surface area contributed by atoms with Crippen LogP contribution >= 0.6 is 11.6 Å². The summed E-state index contributed by atoms with van der Waals surface area (Å²) >= 11 is 5.90. The van der Waals surface area contributed by atoms with Crippen LogP contribution < -0.4 is 5.32 Å². The molecule has 4 heteroatoms. The summed E-state index contributed by atoms with van der Waals surface area (Å²) in [6.07, 6.45) is 0.663. The summed E-state index contributed by atoms with van der Waals surface area (Å²) in [7, 11) is 0. The van der Waals surface area contributed by atoms with Gasteiger partial charge < -0.3 is 10.4 Å². The van der Waals surface area contributed by atoms with Crippen molar-refractivity contribution in [2.45, 2.75) is 39.8 Å². The predicted octanol–water partition coefficient (Wildman–Crippen LogP) is 3.37. The van der Waals surface area contributed by atoms with E-state index in [2.05, 4.69) is 26.1 Å². The van der Waals surface area contributed by atoms with Gasteiger partial charge in [-0.1, -0.05) is 44.5 Å². The molecule has 102 valence electrons. The van der Waals surface area contributed by atoms with Crippen LogP contribution in [-0.2, 0) is 6.54 Å². The number of hydrogen-bond donors (Lipinski definition) is 2. The first kappa shape index (κ1) is 15.4. The minimum atomic E-state index is -0.398. The maximum absolute atomic E-state index is 13.3. The molecule has 0 aliphatic heterocycles. The van der Waals surface area contributed by atoms with Crippen LogP contribution in [0.2, 0.25) is 5.02 Å². The second kappa shape index (κ2) is 6.50. The fourth-order valence-electron chi connectivity index (χ4n) is 1.89. The zero-order valence-corrected chi connectivity index (χ0v) is 11.9. The first-order valence-corrected chi connectivity index (χ1v) is 6.51. The van der Waals surface area contributed by atoms with Crippen LogP contribution in [-0.4, -0.2) is 17.8 Å². The molecule has 0 aliphatic carbocycles. The first-order valence-electron chi connectivity index (χ1n) is 6.13. The van der Waals surface area contributed by atoms with Crippen LogP contribution in [0.1, 0.15) is 32.8 Å². The lowest BCUT2D eigenvalue weighted by Gasteiger charge is -2.31. The minimum absolute atomic E-state index is 0.0303. The molecule has 1 aromatic carbocycles. The lowest BCUT2D eigenvalue weighted by atomic mass is 9.85. The fraction of sp³-hybridized carbons (Fsp3) is 0.571. The SMILES string of the molecule is CC(C)(C)C(CCO)NCc1cccc(F)c1Cl. The fourth-order valence-corrected chi connectivity index (χ4v) is 2.08. The van der Waals surface area contributed by atoms with Crippen molar-refractivity contribution in [1.29, 1.82) is 0 Å². The quantitative estimate of drug-likeness (QED) is 0.862. The zero-order chi connectivity index (χ0) is 13.8. The summed E-state index contributed by atoms with van der Waals surface area (Å²) in [6, 6.07) is 4.95. The van der Waals surface area contributed by atoms with Gasteiger partial charge in [-0.3, -0.25) is 0 Å². The topological polar surface area (TPSA) is 32.3 Å². The van der Waals surface area contributed by atoms with Gasteiger partial charge in [-0.25, -0.2) is 4.39 Å². The van der Waals surface area contributed by atoms with Crippen molar-refractivity contribution < 1.29 is 9.50 Å². The van der Waals surface area contributed by atoms with E-state index in [4.69, 9.17) is 16.7 Å². The maximum Gasteiger partial charge on any atom is 0.142 e. The average Bonchev–Trinajstić information content (AvgIpc) is 2.28. The highest BCUT2D eigenvalue weighted by Gasteiger charge is 2.23. The molecule has 1 rings (SSSR count). The van der Waals surface area contributed by atoms with Crippen molar-refractivity contribution in [3.63, 3.8) is 0 Å². The zero-order valence-electron chi connectivity index (χ0n) is 11.1. The number of halogens is 2. The van der Waals surface area contributed by atoms with E-state index >= 15 is 0 Å². The molecule has 0 saturated carbocycles. The van der Waals surface area contributed by atoms with E-state index in [0.717, 1.165) is 5.56 Å². The van der Waals surface area contributed by atoms with Gasteiger partial charge in [0.05, 0.1) is 5.02 Å². The van der Waals surface area contributed by atoms with Gasteiger partial charge in [-0.05, 0) is 23.5 Å². The standard InChI is InChI=1S/C14H21ClFNO/c1-14(2,3)12(7-8-18)17-9-10-5-4-6-11(16)13(10)15/h4-6,12,17-18H,7-9H2,1-3H3. The van der Waals surface area contributed by atoms with Gasteiger partial charge in [0.25, 0.3) is 0 Å². The van der Waals surface area contributed by atoms with Gasteiger partial charge in [-0.15, -0.1) is 0 Å². The van der Waals surface area contributed by atoms with Crippen molar-refractivity contribution in [2.75, 3.05) is 6.61 Å². The van der Waals surface area contributed by atoms with Gasteiger partial charge in [0.1, 0.15) is 5.82 Å². The van der Waals surface area contributed by atoms with E-state index in [9.17, 15) is 4.39 Å². The van der Waals surface area contributed by atoms with Crippen LogP contribution in [0.5, 0.6) is 0 Å². The molecule has 18 heavy (non-hydrogen) atoms. The number of aliphatic hydroxyl groups is 1. The molecule has 0 amide bonds. The van der Waals surface area contributed by atoms with Gasteiger partial charge in [0.2, 0.25) is 0 Å². The van der Waals surface area contributed by atoms with Crippen LogP contribution in [0.25, 0.3) is 0 Å². The summed E-state index contributed by atoms with van der Waals surface area (Å²) in [6.45, 7) is 6.94. The second-order valence-corrected chi connectivity index (χ2v) is 5.90. The maximum atomic E-state index is 13.3. The van der Waals surface area contributed by atoms with Crippen LogP contribution in [0.4, 0.5) is 4.39 Å². The first-order chi connectivity index (χ1) is 8.36. The van der Waals surface area contributed by atoms with E-state index in [0.29, 0.717) is 13.0 Å². The summed E-state index contributed by atoms with van der Waals surface area (Å²) < 4.78 is 13.3. The molecule has 0 aromatic heterocycles. The molecule has 0 fully saturated rings. The summed E-state index contributed by atoms with van der Waals surface area (Å²) in [5, 5.41) is 12.6. The average molecular weight is 274 g/mol. The van der Waals surface area contributed by atoms with Crippen molar-refractivity contribution in [3.05, 3.63) is 34.6 Å². The van der Waals surface area contributed by atoms with Gasteiger partial charge in [-0.2, -0.15) is 0 Å². The normalized spacial score (nSPS) is 13.7. The van der Waals surface area contributed by atoms with E-state index in [1.165, 1.54) is 6.07 Å². The van der Waals surface area contributed by atoms with Crippen LogP contribution in [0.3, 0.4) is 0 Å². The molecule has 2 nitrogen and oxygen atoms in total. The molecule has 2 N–H and O–H groups in total. The molecule has 1 unspecified atom stereocenters. The van der Waals surface area contributed by atoms with E-state index in [1.54, 1.807) is 12.1 Å². The Hall–Kier alpha value is -0.640. The Bertz CT molecular complexity index is 390. The smallest absolute Gasteiger partial charge is 0.142 e. The second-order valence-electron chi connectivity index (χ2n) is 5.52. The third-order valence-electron chi connectivity index (χ3n) is 3.03. The largest absolute Gasteiger partial charge is 0.396 e. The third kappa shape index (κ3) is 4.23. The van der Waals surface area contributed by atoms with Gasteiger partial charge in [0, 0.05) is 19.2 Å². The molecule has 0 bridgehead atoms. The Morgan fingerprint density at radius 3 is 2.61 bits per heavy atom. The molecule has 0 aliphatic rings. The number of benzene rings is 1. The van der Waals surface area contributed by atoms with Crippen molar-refractivity contribution in [2.24, 2.45) is 5.41 Å². The third-order valence-corrected chi connectivity index (χ3v) is 3.46. The molecule has 0 saturated heterocycles. The van der Waals surface area contributed by atoms with Crippen molar-refractivity contribution in [1.82, 2.24) is 5.32 Å². The summed E-state index contributed by atoms with van der Waals surface area (Å²) in [5.41, 5.74) is 0.770. The molecule has 0 spiro atoms. The lowest BCUT2D eigenvalue weighted by molar-refractivity contribution is 0.196. The minimum Gasteiger partial charge on any atom is -0.396 e. The molecular weight excluding hydrogens is 253 g/mol. The van der Waals surface area contributed by atoms with Gasteiger partial charge in [0.15, 0.2) is 0 Å². The number of hydrogen-bond acceptors (Lipinski definition) is 2. The Kier molecular flexibility index (Phi) is 5.57. The number of rotatable bonds is 5. The molecule has 1 aromatic rings. The van der Waals surface area contributed by atoms with Crippen molar-refractivity contribution in [3.8, 4) is 0 Å². The molecule has 0 radical (unpaired) electrons. The van der Waals surface area contributed by atoms with Crippen LogP contribution in [0.15, 0.2) is 18.2 Å². The number of aliphatic hydroxyl groups excluding tert-OH is 1. The molecule has 0 heterocycles. The summed E-state index contributed by atoms with van der Waals surface area (Å²) in [4.78, 5) is 0. The molecule has 1 atom stereocenters. The Morgan fingerprint density at radius 1 is 1.39 bits per heavy atom. The monoisotopic (exact) mass is 273 g/mol. The highest BCUT2D eigenvalue weighted by molar-refractivity contribution is 6.31. The Morgan fingerprint density at radius 2 is 2.06 bits per heavy atom. The lowest BCUT2D eigenvalue weighted by Crippen LogP contribution is -2.40. The van der Waals surface area contributed by atoms with E-state index in [-0.39, 0.29) is 23.1 Å². The Labute approximate surface area is 113 Å². The van der Waals surface area contributed by atoms with Crippen molar-refractivity contribution >= 4 is 11.6 Å². The van der Waals surface area contributed by atoms with E-state index < -0.39 is 5.82 Å². The van der Waals surface area contributed by atoms with Gasteiger partial charge >= 0.3 is 0 Å². The summed E-state index contributed by atoms with van der Waals surface area (Å²) in [5.74, 6) is -0.398. The predicted molar refractivity (Wildman–Crippen MR) is 73.2 cm³/mol. The van der Waals surface area contributed by atoms with E-state index in [1.807, 2.05) is 0 Å².